The average Bonchev–Trinajstić information content (AvgIpc) is 2.69. The number of Topliss-reactive ketones (excluding diaryl/α,β-unsaturated/α-hetero) is 2. The van der Waals surface area contributed by atoms with Gasteiger partial charge in [-0.25, -0.2) is 0 Å². The molecule has 0 spiro atoms. The Bertz CT molecular complexity index is 1260. The maximum Gasteiger partial charge on any atom is 0.293 e. The Hall–Kier alpha value is -4.10. The van der Waals surface area contributed by atoms with E-state index in [0.29, 0.717) is 11.1 Å². The van der Waals surface area contributed by atoms with Gasteiger partial charge in [0.05, 0.1) is 5.56 Å². The summed E-state index contributed by atoms with van der Waals surface area (Å²) in [5.74, 6) is -3.17. The number of phenolic OH excluding ortho intramolecular Hbond substituents is 1. The highest BCUT2D eigenvalue weighted by atomic mass is 16.3. The molecule has 164 valence electrons. The number of rotatable bonds is 1. The van der Waals surface area contributed by atoms with Gasteiger partial charge in [0.15, 0.2) is 11.4 Å². The van der Waals surface area contributed by atoms with Crippen molar-refractivity contribution < 1.29 is 39.6 Å². The number of primary amides is 2. The molecule has 4 rings (SSSR count). The van der Waals surface area contributed by atoms with E-state index in [1.165, 1.54) is 12.1 Å². The van der Waals surface area contributed by atoms with E-state index in [2.05, 4.69) is 11.8 Å². The molecule has 8 N–H and O–H groups in total. The van der Waals surface area contributed by atoms with Crippen molar-refractivity contribution in [2.75, 3.05) is 0 Å². The summed E-state index contributed by atoms with van der Waals surface area (Å²) in [6.45, 7) is 0. The molecule has 1 saturated carbocycles. The van der Waals surface area contributed by atoms with E-state index in [1.54, 1.807) is 0 Å². The highest BCUT2D eigenvalue weighted by Crippen LogP contribution is 2.52. The number of benzene rings is 1. The number of fused-ring (bicyclic) bond motifs is 3. The molecule has 3 atom stereocenters. The summed E-state index contributed by atoms with van der Waals surface area (Å²) in [5, 5.41) is 42.9. The normalized spacial score (nSPS) is 26.5. The summed E-state index contributed by atoms with van der Waals surface area (Å²) in [7, 11) is 0. The van der Waals surface area contributed by atoms with Crippen LogP contribution in [0.2, 0.25) is 0 Å². The molecule has 0 unspecified atom stereocenters. The molecule has 0 heterocycles. The molecule has 0 saturated heterocycles. The van der Waals surface area contributed by atoms with Crippen molar-refractivity contribution >= 4 is 29.1 Å². The fraction of sp³-hybridized carbons (Fsp3) is 0.273. The Balaban J connectivity index is 1.93. The van der Waals surface area contributed by atoms with Gasteiger partial charge >= 0.3 is 0 Å². The average molecular weight is 438 g/mol. The van der Waals surface area contributed by atoms with Gasteiger partial charge in [0.2, 0.25) is 5.78 Å². The number of aliphatic hydroxyl groups excluding tert-OH is 2. The van der Waals surface area contributed by atoms with Gasteiger partial charge in [-0.15, -0.1) is 0 Å². The quantitative estimate of drug-likeness (QED) is 0.243. The first-order valence-electron chi connectivity index (χ1n) is 9.62. The zero-order chi connectivity index (χ0) is 23.5. The summed E-state index contributed by atoms with van der Waals surface area (Å²) < 4.78 is 0. The second kappa shape index (κ2) is 6.96. The molecule has 3 aliphatic carbocycles. The molecule has 0 aromatic heterocycles. The molecule has 1 aromatic rings. The van der Waals surface area contributed by atoms with E-state index in [4.69, 9.17) is 11.5 Å². The van der Waals surface area contributed by atoms with Gasteiger partial charge in [-0.1, -0.05) is 5.92 Å². The number of aliphatic hydroxyl groups is 3. The van der Waals surface area contributed by atoms with Gasteiger partial charge in [0.25, 0.3) is 11.8 Å². The van der Waals surface area contributed by atoms with Gasteiger partial charge < -0.3 is 31.9 Å². The van der Waals surface area contributed by atoms with Gasteiger partial charge in [-0.3, -0.25) is 19.2 Å². The van der Waals surface area contributed by atoms with Crippen molar-refractivity contribution in [1.82, 2.24) is 0 Å². The number of amides is 2. The Labute approximate surface area is 180 Å². The third kappa shape index (κ3) is 2.79. The van der Waals surface area contributed by atoms with E-state index < -0.39 is 64.3 Å². The van der Waals surface area contributed by atoms with E-state index >= 15 is 0 Å². The van der Waals surface area contributed by atoms with Crippen LogP contribution in [0.5, 0.6) is 5.75 Å². The van der Waals surface area contributed by atoms with Crippen LogP contribution in [0, 0.1) is 23.7 Å². The molecule has 0 aliphatic heterocycles. The highest BCUT2D eigenvalue weighted by molar-refractivity contribution is 6.22. The lowest BCUT2D eigenvalue weighted by Gasteiger charge is -2.46. The molecular formula is C22H18N2O8. The molecule has 0 bridgehead atoms. The number of hydrogen-bond donors (Lipinski definition) is 6. The summed E-state index contributed by atoms with van der Waals surface area (Å²) in [6.07, 6.45) is -0.316. The number of nitrogens with two attached hydrogens (primary N) is 2. The third-order valence-electron chi connectivity index (χ3n) is 6.27. The molecule has 0 radical (unpaired) electrons. The SMILES string of the molecule is NC(=O)C#Cc1ccc(O)c2c1C[C@H]1C[C@H]3CC(=O)C(C(N)=O)=C(O)[C@@]3(O)C(=O)C1=C2O. The standard InChI is InChI=1S/C22H18N2O8/c23-14(27)4-2-8-1-3-12(25)16-11(8)6-9-5-10-7-13(26)17(21(24)31)20(30)22(10,32)19(29)15(9)18(16)28/h1,3,9-10,25,28,30,32H,5-7H2,(H2,23,27)(H2,24,31)/t9-,10+,22+/m1/s1. The van der Waals surface area contributed by atoms with Crippen LogP contribution in [0.25, 0.3) is 5.76 Å². The number of hydrogen-bond acceptors (Lipinski definition) is 8. The predicted molar refractivity (Wildman–Crippen MR) is 107 cm³/mol. The van der Waals surface area contributed by atoms with Crippen LogP contribution in [0.3, 0.4) is 0 Å². The largest absolute Gasteiger partial charge is 0.508 e. The van der Waals surface area contributed by atoms with Crippen LogP contribution in [-0.2, 0) is 25.6 Å². The van der Waals surface area contributed by atoms with Gasteiger partial charge in [-0.2, -0.15) is 0 Å². The maximum atomic E-state index is 13.3. The van der Waals surface area contributed by atoms with Crippen LogP contribution < -0.4 is 11.5 Å². The fourth-order valence-electron chi connectivity index (χ4n) is 4.87. The smallest absolute Gasteiger partial charge is 0.293 e. The number of aromatic hydroxyl groups is 1. The molecule has 32 heavy (non-hydrogen) atoms. The lowest BCUT2D eigenvalue weighted by Crippen LogP contribution is -2.58. The molecule has 1 fully saturated rings. The second-order valence-corrected chi connectivity index (χ2v) is 8.01. The van der Waals surface area contributed by atoms with E-state index in [0.717, 1.165) is 0 Å². The number of carbonyl (C=O) groups excluding carboxylic acids is 4. The zero-order valence-electron chi connectivity index (χ0n) is 16.5. The first-order valence-corrected chi connectivity index (χ1v) is 9.62. The van der Waals surface area contributed by atoms with E-state index in [1.807, 2.05) is 0 Å². The molecule has 1 aromatic carbocycles. The summed E-state index contributed by atoms with van der Waals surface area (Å²) >= 11 is 0. The number of ketones is 2. The Morgan fingerprint density at radius 2 is 1.78 bits per heavy atom. The predicted octanol–water partition coefficient (Wildman–Crippen LogP) is -0.739. The van der Waals surface area contributed by atoms with Crippen LogP contribution in [0.4, 0.5) is 0 Å². The van der Waals surface area contributed by atoms with E-state index in [-0.39, 0.29) is 29.7 Å². The first kappa shape index (κ1) is 21.1. The molecule has 3 aliphatic rings. The lowest BCUT2D eigenvalue weighted by atomic mass is 9.59. The van der Waals surface area contributed by atoms with Crippen LogP contribution in [0.1, 0.15) is 29.5 Å². The molecule has 10 nitrogen and oxygen atoms in total. The number of phenols is 1. The van der Waals surface area contributed by atoms with Crippen LogP contribution in [0.15, 0.2) is 29.0 Å². The van der Waals surface area contributed by atoms with Crippen LogP contribution >= 0.6 is 0 Å². The Kier molecular flexibility index (Phi) is 4.60. The Morgan fingerprint density at radius 3 is 2.41 bits per heavy atom. The molecule has 10 heteroatoms. The van der Waals surface area contributed by atoms with Crippen molar-refractivity contribution in [1.29, 1.82) is 0 Å². The van der Waals surface area contributed by atoms with Crippen molar-refractivity contribution in [3.8, 4) is 17.6 Å². The molecule has 2 amide bonds. The zero-order valence-corrected chi connectivity index (χ0v) is 16.5. The van der Waals surface area contributed by atoms with E-state index in [9.17, 15) is 39.6 Å². The monoisotopic (exact) mass is 438 g/mol. The lowest BCUT2D eigenvalue weighted by molar-refractivity contribution is -0.147. The number of carbonyl (C=O) groups is 4. The third-order valence-corrected chi connectivity index (χ3v) is 6.27. The van der Waals surface area contributed by atoms with Gasteiger partial charge in [0, 0.05) is 23.5 Å². The summed E-state index contributed by atoms with van der Waals surface area (Å²) in [4.78, 5) is 48.3. The van der Waals surface area contributed by atoms with Gasteiger partial charge in [0.1, 0.15) is 22.8 Å². The Morgan fingerprint density at radius 1 is 1.09 bits per heavy atom. The second-order valence-electron chi connectivity index (χ2n) is 8.01. The topological polar surface area (TPSA) is 201 Å². The van der Waals surface area contributed by atoms with Gasteiger partial charge in [-0.05, 0) is 42.4 Å². The van der Waals surface area contributed by atoms with Crippen molar-refractivity contribution in [3.63, 3.8) is 0 Å². The highest BCUT2D eigenvalue weighted by Gasteiger charge is 2.60. The maximum absolute atomic E-state index is 13.3. The summed E-state index contributed by atoms with van der Waals surface area (Å²) in [5.41, 5.74) is 7.04. The minimum absolute atomic E-state index is 0.00125. The molecular weight excluding hydrogens is 420 g/mol. The first-order chi connectivity index (χ1) is 15.0. The summed E-state index contributed by atoms with van der Waals surface area (Å²) in [6, 6.07) is 2.65. The fourth-order valence-corrected chi connectivity index (χ4v) is 4.87. The minimum Gasteiger partial charge on any atom is -0.508 e. The van der Waals surface area contributed by atoms with Crippen molar-refractivity contribution in [2.45, 2.75) is 24.9 Å². The van der Waals surface area contributed by atoms with Crippen molar-refractivity contribution in [3.05, 3.63) is 45.7 Å². The van der Waals surface area contributed by atoms with Crippen LogP contribution in [-0.4, -0.2) is 49.4 Å². The van der Waals surface area contributed by atoms with Crippen molar-refractivity contribution in [2.24, 2.45) is 23.3 Å². The minimum atomic E-state index is -2.62.